The average molecular weight is 387 g/mol. The molecule has 1 aromatic carbocycles. The summed E-state index contributed by atoms with van der Waals surface area (Å²) in [5.74, 6) is 1.46. The van der Waals surface area contributed by atoms with Crippen LogP contribution < -0.4 is 16.0 Å². The predicted octanol–water partition coefficient (Wildman–Crippen LogP) is 1.98. The van der Waals surface area contributed by atoms with Crippen LogP contribution in [-0.4, -0.2) is 30.9 Å². The van der Waals surface area contributed by atoms with E-state index in [4.69, 9.17) is 0 Å². The minimum Gasteiger partial charge on any atom is -0.352 e. The quantitative estimate of drug-likeness (QED) is 0.670. The topological polar surface area (TPSA) is 74.8 Å². The fraction of sp³-hybridized carbons (Fsp3) is 0.652. The summed E-state index contributed by atoms with van der Waals surface area (Å²) in [4.78, 5) is 25.4. The lowest BCUT2D eigenvalue weighted by Crippen LogP contribution is -2.89. The fourth-order valence-corrected chi connectivity index (χ4v) is 5.19. The van der Waals surface area contributed by atoms with Crippen molar-refractivity contribution >= 4 is 11.8 Å². The first kappa shape index (κ1) is 20.8. The highest BCUT2D eigenvalue weighted by molar-refractivity contribution is 5.80. The van der Waals surface area contributed by atoms with Crippen LogP contribution in [0.5, 0.6) is 0 Å². The van der Waals surface area contributed by atoms with Gasteiger partial charge in [0.2, 0.25) is 5.91 Å². The third kappa shape index (κ3) is 5.13. The summed E-state index contributed by atoms with van der Waals surface area (Å²) in [6.07, 6.45) is 7.29. The van der Waals surface area contributed by atoms with E-state index >= 15 is 0 Å². The van der Waals surface area contributed by atoms with E-state index in [1.54, 1.807) is 0 Å². The summed E-state index contributed by atoms with van der Waals surface area (Å²) < 4.78 is 0. The molecular weight excluding hydrogens is 350 g/mol. The monoisotopic (exact) mass is 386 g/mol. The second-order valence-corrected chi connectivity index (χ2v) is 8.53. The van der Waals surface area contributed by atoms with Gasteiger partial charge in [-0.25, -0.2) is 0 Å². The number of amides is 2. The maximum absolute atomic E-state index is 12.9. The van der Waals surface area contributed by atoms with E-state index in [0.29, 0.717) is 18.4 Å². The highest BCUT2D eigenvalue weighted by atomic mass is 16.2. The van der Waals surface area contributed by atoms with Crippen molar-refractivity contribution in [2.24, 2.45) is 17.8 Å². The predicted molar refractivity (Wildman–Crippen MR) is 110 cm³/mol. The molecule has 0 spiro atoms. The van der Waals surface area contributed by atoms with Crippen molar-refractivity contribution in [1.29, 1.82) is 0 Å². The van der Waals surface area contributed by atoms with E-state index in [2.05, 4.69) is 17.6 Å². The molecule has 0 radical (unpaired) electrons. The Balaban J connectivity index is 1.58. The maximum Gasteiger partial charge on any atom is 0.278 e. The molecule has 5 nitrogen and oxygen atoms in total. The average Bonchev–Trinajstić information content (AvgIpc) is 2.99. The molecular formula is C23H36N3O2+. The van der Waals surface area contributed by atoms with E-state index in [1.165, 1.54) is 6.42 Å². The number of likely N-dealkylation sites (N-methyl/N-ethyl adjacent to an activating group) is 1. The van der Waals surface area contributed by atoms with Crippen LogP contribution in [0, 0.1) is 17.8 Å². The van der Waals surface area contributed by atoms with Gasteiger partial charge in [-0.2, -0.15) is 0 Å². The van der Waals surface area contributed by atoms with E-state index < -0.39 is 0 Å². The number of carbonyl (C=O) groups is 2. The number of benzene rings is 1. The van der Waals surface area contributed by atoms with Crippen LogP contribution in [0.1, 0.15) is 57.4 Å². The van der Waals surface area contributed by atoms with Crippen molar-refractivity contribution in [3.63, 3.8) is 0 Å². The Hall–Kier alpha value is -1.88. The molecule has 28 heavy (non-hydrogen) atoms. The molecule has 3 rings (SSSR count). The van der Waals surface area contributed by atoms with Crippen LogP contribution in [0.2, 0.25) is 0 Å². The van der Waals surface area contributed by atoms with Gasteiger partial charge in [-0.1, -0.05) is 50.1 Å². The zero-order valence-electron chi connectivity index (χ0n) is 17.3. The van der Waals surface area contributed by atoms with Gasteiger partial charge in [-0.05, 0) is 43.1 Å². The summed E-state index contributed by atoms with van der Waals surface area (Å²) in [5.41, 5.74) is 1.14. The highest BCUT2D eigenvalue weighted by Crippen LogP contribution is 2.45. The molecule has 0 unspecified atom stereocenters. The summed E-state index contributed by atoms with van der Waals surface area (Å²) in [5, 5.41) is 8.43. The largest absolute Gasteiger partial charge is 0.352 e. The number of nitrogens with two attached hydrogens (primary N) is 1. The second kappa shape index (κ2) is 10.1. The first-order valence-corrected chi connectivity index (χ1v) is 11.0. The molecule has 0 aromatic heterocycles. The molecule has 2 aliphatic carbocycles. The number of carbonyl (C=O) groups excluding carboxylic acids is 2. The fourth-order valence-electron chi connectivity index (χ4n) is 5.19. The van der Waals surface area contributed by atoms with Crippen LogP contribution in [0.4, 0.5) is 0 Å². The lowest BCUT2D eigenvalue weighted by molar-refractivity contribution is -0.650. The van der Waals surface area contributed by atoms with Gasteiger partial charge in [-0.3, -0.25) is 9.59 Å². The number of rotatable bonds is 7. The molecule has 0 aliphatic heterocycles. The molecule has 0 heterocycles. The SMILES string of the molecule is CC[C@H]([NH2+]C)C(=O)N[C@H]1CCC[C@H]2CC[C@@H](C(=O)NCc3ccccc3)[C@H]2C1. The van der Waals surface area contributed by atoms with Crippen molar-refractivity contribution in [3.8, 4) is 0 Å². The maximum atomic E-state index is 12.9. The molecule has 2 saturated carbocycles. The minimum atomic E-state index is -0.00686. The number of nitrogens with one attached hydrogen (secondary N) is 2. The summed E-state index contributed by atoms with van der Waals surface area (Å²) >= 11 is 0. The standard InChI is InChI=1S/C23H35N3O2/c1-3-21(24-2)23(28)26-18-11-7-10-17-12-13-19(20(17)14-18)22(27)25-15-16-8-5-4-6-9-16/h4-6,8-9,17-21,24H,3,7,10-15H2,1-2H3,(H,25,27)(H,26,28)/p+1/t17-,18-,19+,20-,21-/m0/s1. The zero-order chi connectivity index (χ0) is 19.9. The highest BCUT2D eigenvalue weighted by Gasteiger charge is 2.42. The van der Waals surface area contributed by atoms with Gasteiger partial charge in [0.15, 0.2) is 6.04 Å². The Bertz CT molecular complexity index is 645. The molecule has 0 bridgehead atoms. The molecule has 4 N–H and O–H groups in total. The van der Waals surface area contributed by atoms with Crippen LogP contribution in [0.3, 0.4) is 0 Å². The van der Waals surface area contributed by atoms with E-state index in [9.17, 15) is 9.59 Å². The van der Waals surface area contributed by atoms with Crippen LogP contribution in [0.25, 0.3) is 0 Å². The van der Waals surface area contributed by atoms with Crippen molar-refractivity contribution in [3.05, 3.63) is 35.9 Å². The summed E-state index contributed by atoms with van der Waals surface area (Å²) in [6.45, 7) is 2.65. The van der Waals surface area contributed by atoms with Crippen molar-refractivity contribution < 1.29 is 14.9 Å². The molecule has 0 saturated heterocycles. The Morgan fingerprint density at radius 1 is 1.14 bits per heavy atom. The lowest BCUT2D eigenvalue weighted by Gasteiger charge is -2.26. The zero-order valence-corrected chi connectivity index (χ0v) is 17.3. The van der Waals surface area contributed by atoms with Gasteiger partial charge in [0.05, 0.1) is 7.05 Å². The molecule has 5 heteroatoms. The number of hydrogen-bond donors (Lipinski definition) is 3. The van der Waals surface area contributed by atoms with Gasteiger partial charge in [0.25, 0.3) is 5.91 Å². The summed E-state index contributed by atoms with van der Waals surface area (Å²) in [7, 11) is 1.96. The minimum absolute atomic E-state index is 0.00686. The third-order valence-corrected chi connectivity index (χ3v) is 6.83. The Morgan fingerprint density at radius 2 is 1.93 bits per heavy atom. The van der Waals surface area contributed by atoms with E-state index in [1.807, 2.05) is 42.7 Å². The van der Waals surface area contributed by atoms with Gasteiger partial charge in [0.1, 0.15) is 0 Å². The molecule has 1 aromatic rings. The molecule has 5 atom stereocenters. The van der Waals surface area contributed by atoms with Gasteiger partial charge < -0.3 is 16.0 Å². The Morgan fingerprint density at radius 3 is 2.64 bits per heavy atom. The number of quaternary nitrogens is 1. The Kier molecular flexibility index (Phi) is 7.49. The molecule has 154 valence electrons. The molecule has 2 amide bonds. The third-order valence-electron chi connectivity index (χ3n) is 6.83. The van der Waals surface area contributed by atoms with Crippen LogP contribution >= 0.6 is 0 Å². The first-order chi connectivity index (χ1) is 13.6. The second-order valence-electron chi connectivity index (χ2n) is 8.53. The van der Waals surface area contributed by atoms with Crippen molar-refractivity contribution in [2.75, 3.05) is 7.05 Å². The normalized spacial score (nSPS) is 28.1. The number of fused-ring (bicyclic) bond motifs is 1. The van der Waals surface area contributed by atoms with Crippen LogP contribution in [-0.2, 0) is 16.1 Å². The smallest absolute Gasteiger partial charge is 0.278 e. The van der Waals surface area contributed by atoms with Gasteiger partial charge in [-0.15, -0.1) is 0 Å². The van der Waals surface area contributed by atoms with E-state index in [0.717, 1.165) is 44.1 Å². The van der Waals surface area contributed by atoms with Gasteiger partial charge >= 0.3 is 0 Å². The molecule has 2 fully saturated rings. The number of hydrogen-bond acceptors (Lipinski definition) is 2. The molecule has 2 aliphatic rings. The van der Waals surface area contributed by atoms with Crippen molar-refractivity contribution in [1.82, 2.24) is 10.6 Å². The van der Waals surface area contributed by atoms with Crippen LogP contribution in [0.15, 0.2) is 30.3 Å². The Labute approximate surface area is 169 Å². The van der Waals surface area contributed by atoms with Crippen molar-refractivity contribution in [2.45, 2.75) is 70.5 Å². The van der Waals surface area contributed by atoms with Gasteiger partial charge in [0, 0.05) is 24.9 Å². The lowest BCUT2D eigenvalue weighted by atomic mass is 9.84. The first-order valence-electron chi connectivity index (χ1n) is 11.0. The van der Waals surface area contributed by atoms with E-state index in [-0.39, 0.29) is 29.8 Å². The summed E-state index contributed by atoms with van der Waals surface area (Å²) in [6, 6.07) is 10.3.